The van der Waals surface area contributed by atoms with Crippen molar-refractivity contribution in [2.45, 2.75) is 16.7 Å². The minimum Gasteiger partial charge on any atom is -0.458 e. The van der Waals surface area contributed by atoms with Crippen LogP contribution in [0.5, 0.6) is 0 Å². The van der Waals surface area contributed by atoms with Gasteiger partial charge in [-0.2, -0.15) is 0 Å². The zero-order valence-corrected chi connectivity index (χ0v) is 20.3. The topological polar surface area (TPSA) is 63.8 Å². The molecule has 0 saturated heterocycles. The Morgan fingerprint density at radius 3 is 2.43 bits per heavy atom. The highest BCUT2D eigenvalue weighted by Gasteiger charge is 2.12. The number of nitrogens with zero attached hydrogens (tertiary/aromatic N) is 3. The summed E-state index contributed by atoms with van der Waals surface area (Å²) in [5.74, 6) is 1.57. The van der Waals surface area contributed by atoms with Crippen LogP contribution >= 0.6 is 23.4 Å². The predicted molar refractivity (Wildman–Crippen MR) is 143 cm³/mol. The van der Waals surface area contributed by atoms with Gasteiger partial charge in [-0.1, -0.05) is 59.8 Å². The molecule has 0 amide bonds. The van der Waals surface area contributed by atoms with Crippen molar-refractivity contribution in [3.63, 3.8) is 0 Å². The summed E-state index contributed by atoms with van der Waals surface area (Å²) in [7, 11) is 0. The molecule has 0 unspecified atom stereocenters. The van der Waals surface area contributed by atoms with Gasteiger partial charge in [-0.3, -0.25) is 4.98 Å². The fourth-order valence-corrected chi connectivity index (χ4v) is 5.02. The summed E-state index contributed by atoms with van der Waals surface area (Å²) >= 11 is 7.71. The van der Waals surface area contributed by atoms with Crippen LogP contribution in [0.2, 0.25) is 5.02 Å². The van der Waals surface area contributed by atoms with Gasteiger partial charge in [0.1, 0.15) is 17.0 Å². The zero-order valence-electron chi connectivity index (χ0n) is 18.7. The number of pyridine rings is 1. The Morgan fingerprint density at radius 2 is 1.63 bits per heavy atom. The molecule has 0 radical (unpaired) electrons. The van der Waals surface area contributed by atoms with Gasteiger partial charge in [0.05, 0.1) is 4.90 Å². The average molecular weight is 495 g/mol. The molecule has 5 nitrogen and oxygen atoms in total. The average Bonchev–Trinajstić information content (AvgIpc) is 3.27. The van der Waals surface area contributed by atoms with Gasteiger partial charge >= 0.3 is 0 Å². The number of aromatic nitrogens is 3. The van der Waals surface area contributed by atoms with E-state index in [0.717, 1.165) is 54.4 Å². The van der Waals surface area contributed by atoms with Crippen molar-refractivity contribution in [1.29, 1.82) is 0 Å². The van der Waals surface area contributed by atoms with E-state index in [0.29, 0.717) is 10.8 Å². The maximum absolute atomic E-state index is 6.06. The smallest absolute Gasteiger partial charge is 0.166 e. The van der Waals surface area contributed by atoms with E-state index in [-0.39, 0.29) is 0 Å². The van der Waals surface area contributed by atoms with E-state index in [9.17, 15) is 0 Å². The van der Waals surface area contributed by atoms with Crippen LogP contribution in [0.4, 0.5) is 11.5 Å². The van der Waals surface area contributed by atoms with Crippen molar-refractivity contribution in [3.8, 4) is 11.3 Å². The molecule has 0 atom stereocenters. The van der Waals surface area contributed by atoms with Crippen LogP contribution < -0.4 is 5.32 Å². The molecule has 3 aromatic heterocycles. The second-order valence-corrected chi connectivity index (χ2v) is 9.63. The van der Waals surface area contributed by atoms with E-state index in [1.165, 1.54) is 0 Å². The van der Waals surface area contributed by atoms with Gasteiger partial charge in [0.25, 0.3) is 0 Å². The van der Waals surface area contributed by atoms with Crippen molar-refractivity contribution in [2.75, 3.05) is 5.32 Å². The van der Waals surface area contributed by atoms with Gasteiger partial charge in [0.15, 0.2) is 11.4 Å². The molecule has 6 rings (SSSR count). The third kappa shape index (κ3) is 4.34. The monoisotopic (exact) mass is 494 g/mol. The summed E-state index contributed by atoms with van der Waals surface area (Å²) in [6.07, 6.45) is 1.81. The van der Waals surface area contributed by atoms with Gasteiger partial charge in [-0.25, -0.2) is 0 Å². The van der Waals surface area contributed by atoms with Crippen molar-refractivity contribution in [2.24, 2.45) is 0 Å². The first-order valence-electron chi connectivity index (χ1n) is 11.1. The summed E-state index contributed by atoms with van der Waals surface area (Å²) in [5, 5.41) is 15.2. The standard InChI is InChI=1S/C28H19ClN4OS/c1-17-16-24-27(34-17)25(14-15-30-24)35-21-12-10-20(11-13-21)31-28-23-5-3-2-4-22(23)26(32-33-28)18-6-8-19(29)9-7-18/h2-16H,1H3,(H,31,33). The van der Waals surface area contributed by atoms with Crippen LogP contribution in [0.1, 0.15) is 5.76 Å². The highest BCUT2D eigenvalue weighted by atomic mass is 35.5. The van der Waals surface area contributed by atoms with Crippen LogP contribution in [0.3, 0.4) is 0 Å². The molecule has 35 heavy (non-hydrogen) atoms. The Hall–Kier alpha value is -3.87. The first-order chi connectivity index (χ1) is 17.1. The Labute approximate surface area is 211 Å². The number of aryl methyl sites for hydroxylation is 1. The number of nitrogens with one attached hydrogen (secondary N) is 1. The first kappa shape index (κ1) is 21.6. The van der Waals surface area contributed by atoms with E-state index in [1.807, 2.05) is 73.8 Å². The summed E-state index contributed by atoms with van der Waals surface area (Å²) in [5.41, 5.74) is 4.43. The number of furan rings is 1. The van der Waals surface area contributed by atoms with Gasteiger partial charge in [0.2, 0.25) is 0 Å². The summed E-state index contributed by atoms with van der Waals surface area (Å²) in [6.45, 7) is 1.94. The maximum atomic E-state index is 6.06. The molecule has 7 heteroatoms. The van der Waals surface area contributed by atoms with E-state index in [2.05, 4.69) is 44.8 Å². The van der Waals surface area contributed by atoms with Crippen molar-refractivity contribution < 1.29 is 4.42 Å². The van der Waals surface area contributed by atoms with Crippen LogP contribution in [0.15, 0.2) is 105 Å². The van der Waals surface area contributed by atoms with Crippen LogP contribution in [0.25, 0.3) is 33.1 Å². The number of hydrogen-bond donors (Lipinski definition) is 1. The number of fused-ring (bicyclic) bond motifs is 2. The number of rotatable bonds is 5. The lowest BCUT2D eigenvalue weighted by atomic mass is 10.0. The molecular formula is C28H19ClN4OS. The molecule has 3 aromatic carbocycles. The minimum atomic E-state index is 0.693. The van der Waals surface area contributed by atoms with Gasteiger partial charge in [-0.15, -0.1) is 10.2 Å². The molecule has 170 valence electrons. The van der Waals surface area contributed by atoms with E-state index >= 15 is 0 Å². The predicted octanol–water partition coefficient (Wildman–Crippen LogP) is 8.29. The Bertz CT molecular complexity index is 1660. The quantitative estimate of drug-likeness (QED) is 0.260. The van der Waals surface area contributed by atoms with E-state index < -0.39 is 0 Å². The van der Waals surface area contributed by atoms with Gasteiger partial charge in [-0.05, 0) is 49.4 Å². The lowest BCUT2D eigenvalue weighted by molar-refractivity contribution is 0.572. The molecule has 0 aliphatic rings. The Kier molecular flexibility index (Phi) is 5.60. The number of anilines is 2. The summed E-state index contributed by atoms with van der Waals surface area (Å²) in [6, 6.07) is 27.9. The number of benzene rings is 3. The number of hydrogen-bond acceptors (Lipinski definition) is 6. The number of halogens is 1. The van der Waals surface area contributed by atoms with Crippen LogP contribution in [-0.4, -0.2) is 15.2 Å². The van der Waals surface area contributed by atoms with Crippen LogP contribution in [-0.2, 0) is 0 Å². The largest absolute Gasteiger partial charge is 0.458 e. The third-order valence-electron chi connectivity index (χ3n) is 5.65. The Morgan fingerprint density at radius 1 is 0.857 bits per heavy atom. The molecule has 0 bridgehead atoms. The van der Waals surface area contributed by atoms with Gasteiger partial charge in [0, 0.05) is 44.2 Å². The first-order valence-corrected chi connectivity index (χ1v) is 12.2. The highest BCUT2D eigenvalue weighted by Crippen LogP contribution is 2.35. The maximum Gasteiger partial charge on any atom is 0.166 e. The van der Waals surface area contributed by atoms with Crippen molar-refractivity contribution in [1.82, 2.24) is 15.2 Å². The molecular weight excluding hydrogens is 476 g/mol. The molecule has 1 N–H and O–H groups in total. The zero-order chi connectivity index (χ0) is 23.8. The lowest BCUT2D eigenvalue weighted by Gasteiger charge is -2.12. The fourth-order valence-electron chi connectivity index (χ4n) is 4.00. The fraction of sp³-hybridized carbons (Fsp3) is 0.0357. The molecule has 0 saturated carbocycles. The summed E-state index contributed by atoms with van der Waals surface area (Å²) < 4.78 is 5.84. The normalized spacial score (nSPS) is 11.3. The van der Waals surface area contributed by atoms with Crippen molar-refractivity contribution >= 4 is 56.7 Å². The van der Waals surface area contributed by atoms with Gasteiger partial charge < -0.3 is 9.73 Å². The lowest BCUT2D eigenvalue weighted by Crippen LogP contribution is -1.99. The Balaban J connectivity index is 1.28. The minimum absolute atomic E-state index is 0.693. The molecule has 6 aromatic rings. The third-order valence-corrected chi connectivity index (χ3v) is 6.95. The summed E-state index contributed by atoms with van der Waals surface area (Å²) in [4.78, 5) is 6.53. The second-order valence-electron chi connectivity index (χ2n) is 8.08. The second kappa shape index (κ2) is 9.06. The molecule has 0 aliphatic heterocycles. The van der Waals surface area contributed by atoms with Crippen LogP contribution in [0, 0.1) is 6.92 Å². The molecule has 0 aliphatic carbocycles. The SMILES string of the molecule is Cc1cc2nccc(Sc3ccc(Nc4nnc(-c5ccc(Cl)cc5)c5ccccc45)cc3)c2o1. The van der Waals surface area contributed by atoms with E-state index in [1.54, 1.807) is 11.8 Å². The molecule has 0 spiro atoms. The highest BCUT2D eigenvalue weighted by molar-refractivity contribution is 7.99. The molecule has 0 fully saturated rings. The van der Waals surface area contributed by atoms with Crippen molar-refractivity contribution in [3.05, 3.63) is 102 Å². The van der Waals surface area contributed by atoms with E-state index in [4.69, 9.17) is 16.0 Å². The molecule has 3 heterocycles.